The first-order chi connectivity index (χ1) is 25.1. The lowest BCUT2D eigenvalue weighted by molar-refractivity contribution is -0.143. The fourth-order valence-electron chi connectivity index (χ4n) is 8.61. The third kappa shape index (κ3) is 8.37. The summed E-state index contributed by atoms with van der Waals surface area (Å²) < 4.78 is 89.3. The van der Waals surface area contributed by atoms with Gasteiger partial charge < -0.3 is 30.9 Å². The van der Waals surface area contributed by atoms with E-state index in [9.17, 15) is 40.7 Å². The summed E-state index contributed by atoms with van der Waals surface area (Å²) in [5, 5.41) is 6.32. The first kappa shape index (κ1) is 38.7. The molecular formula is C37H46F6N6O4. The molecule has 3 saturated heterocycles. The van der Waals surface area contributed by atoms with Crippen LogP contribution in [-0.2, 0) is 38.5 Å². The number of benzene rings is 2. The zero-order valence-electron chi connectivity index (χ0n) is 29.6. The topological polar surface area (TPSA) is 120 Å². The molecule has 4 aliphatic heterocycles. The van der Waals surface area contributed by atoms with Crippen molar-refractivity contribution in [2.24, 2.45) is 5.92 Å². The molecule has 3 amide bonds. The molecule has 2 aromatic carbocycles. The van der Waals surface area contributed by atoms with Gasteiger partial charge in [0, 0.05) is 75.8 Å². The van der Waals surface area contributed by atoms with Crippen LogP contribution in [0.25, 0.3) is 0 Å². The standard InChI is InChI=1S/C37H46F6N6O4/c1-2-5-24-8-11-45-22-29(24)47-14-16-48(17-15-47)33(51)30(20-23-18-26(36(38,39)40)32(44)27(19-23)37(41,42)43)53-34(52)49-12-9-35(10-13-49)21-31(50)46-28-7-4-3-6-25(28)35/h3-4,6-7,18-19,24,29-30,45H,2,5,8-17,20-22,44H2,1H3,(H,46,50)/t24?,29?,30-/m1/s1. The summed E-state index contributed by atoms with van der Waals surface area (Å²) in [6.45, 7) is 5.74. The molecule has 0 saturated carbocycles. The molecule has 290 valence electrons. The maximum absolute atomic E-state index is 14.1. The van der Waals surface area contributed by atoms with E-state index in [1.165, 1.54) is 9.80 Å². The van der Waals surface area contributed by atoms with Gasteiger partial charge in [-0.15, -0.1) is 0 Å². The normalized spacial score (nSPS) is 23.0. The van der Waals surface area contributed by atoms with Crippen molar-refractivity contribution in [3.63, 3.8) is 0 Å². The highest BCUT2D eigenvalue weighted by molar-refractivity contribution is 5.95. The second kappa shape index (κ2) is 15.4. The number of nitrogens with one attached hydrogen (secondary N) is 2. The number of halogens is 6. The van der Waals surface area contributed by atoms with Gasteiger partial charge in [0.25, 0.3) is 5.91 Å². The summed E-state index contributed by atoms with van der Waals surface area (Å²) in [7, 11) is 0. The van der Waals surface area contributed by atoms with Crippen molar-refractivity contribution in [3.05, 3.63) is 58.7 Å². The number of carbonyl (C=O) groups is 3. The van der Waals surface area contributed by atoms with Crippen molar-refractivity contribution in [1.29, 1.82) is 0 Å². The van der Waals surface area contributed by atoms with Gasteiger partial charge >= 0.3 is 18.4 Å². The number of hydrogen-bond acceptors (Lipinski definition) is 7. The SMILES string of the molecule is CCCC1CCNCC1N1CCN(C(=O)[C@@H](Cc2cc(C(F)(F)F)c(N)c(C(F)(F)F)c2)OC(=O)N2CCC3(CC2)CC(=O)Nc2ccccc23)CC1. The minimum atomic E-state index is -5.21. The summed E-state index contributed by atoms with van der Waals surface area (Å²) in [6, 6.07) is 8.67. The number of carbonyl (C=O) groups excluding carboxylic acids is 3. The number of ether oxygens (including phenoxy) is 1. The molecule has 4 aliphatic rings. The lowest BCUT2D eigenvalue weighted by atomic mass is 9.68. The van der Waals surface area contributed by atoms with Crippen molar-refractivity contribution in [3.8, 4) is 0 Å². The molecule has 0 aliphatic carbocycles. The molecule has 0 bridgehead atoms. The van der Waals surface area contributed by atoms with Gasteiger partial charge in [0.1, 0.15) is 0 Å². The van der Waals surface area contributed by atoms with Crippen LogP contribution in [0.15, 0.2) is 36.4 Å². The number of alkyl halides is 6. The van der Waals surface area contributed by atoms with Crippen LogP contribution in [0.3, 0.4) is 0 Å². The van der Waals surface area contributed by atoms with Crippen LogP contribution >= 0.6 is 0 Å². The van der Waals surface area contributed by atoms with E-state index in [1.807, 2.05) is 24.3 Å². The Morgan fingerprint density at radius 3 is 2.23 bits per heavy atom. The van der Waals surface area contributed by atoms with Gasteiger partial charge in [0.05, 0.1) is 16.8 Å². The maximum atomic E-state index is 14.1. The van der Waals surface area contributed by atoms with E-state index in [-0.39, 0.29) is 44.5 Å². The Bertz CT molecular complexity index is 1630. The number of rotatable bonds is 7. The smallest absolute Gasteiger partial charge is 0.418 e. The lowest BCUT2D eigenvalue weighted by Crippen LogP contribution is -2.59. The first-order valence-electron chi connectivity index (χ1n) is 18.2. The molecule has 1 spiro atoms. The number of nitrogen functional groups attached to an aromatic ring is 1. The lowest BCUT2D eigenvalue weighted by Gasteiger charge is -2.45. The number of amides is 3. The van der Waals surface area contributed by atoms with Crippen molar-refractivity contribution < 1.29 is 45.5 Å². The highest BCUT2D eigenvalue weighted by Crippen LogP contribution is 2.45. The zero-order valence-corrected chi connectivity index (χ0v) is 29.6. The number of hydrogen-bond donors (Lipinski definition) is 3. The van der Waals surface area contributed by atoms with Gasteiger partial charge in [-0.25, -0.2) is 4.79 Å². The van der Waals surface area contributed by atoms with E-state index < -0.39 is 64.7 Å². The van der Waals surface area contributed by atoms with Gasteiger partial charge in [-0.1, -0.05) is 31.5 Å². The van der Waals surface area contributed by atoms with Gasteiger partial charge in [-0.3, -0.25) is 14.5 Å². The quantitative estimate of drug-likeness (QED) is 0.247. The highest BCUT2D eigenvalue weighted by atomic mass is 19.4. The third-order valence-corrected chi connectivity index (χ3v) is 11.4. The van der Waals surface area contributed by atoms with E-state index >= 15 is 0 Å². The predicted octanol–water partition coefficient (Wildman–Crippen LogP) is 5.65. The van der Waals surface area contributed by atoms with Crippen LogP contribution in [0.5, 0.6) is 0 Å². The Kier molecular flexibility index (Phi) is 11.2. The summed E-state index contributed by atoms with van der Waals surface area (Å²) in [4.78, 5) is 45.5. The number of nitrogens with zero attached hydrogens (tertiary/aromatic N) is 3. The second-order valence-corrected chi connectivity index (χ2v) is 14.7. The summed E-state index contributed by atoms with van der Waals surface area (Å²) in [6.07, 6.45) is -9.59. The van der Waals surface area contributed by atoms with Crippen LogP contribution < -0.4 is 16.4 Å². The minimum Gasteiger partial charge on any atom is -0.436 e. The largest absolute Gasteiger partial charge is 0.436 e. The van der Waals surface area contributed by atoms with Crippen molar-refractivity contribution >= 4 is 29.3 Å². The fraction of sp³-hybridized carbons (Fsp3) is 0.595. The monoisotopic (exact) mass is 752 g/mol. The predicted molar refractivity (Wildman–Crippen MR) is 185 cm³/mol. The highest BCUT2D eigenvalue weighted by Gasteiger charge is 2.45. The number of likely N-dealkylation sites (tertiary alicyclic amines) is 1. The van der Waals surface area contributed by atoms with Gasteiger partial charge in [-0.2, -0.15) is 26.3 Å². The molecule has 53 heavy (non-hydrogen) atoms. The molecule has 3 atom stereocenters. The van der Waals surface area contributed by atoms with Crippen LogP contribution in [0, 0.1) is 5.92 Å². The van der Waals surface area contributed by atoms with E-state index in [0.29, 0.717) is 49.7 Å². The second-order valence-electron chi connectivity index (χ2n) is 14.7. The molecule has 4 heterocycles. The number of nitrogens with two attached hydrogens (primary N) is 1. The van der Waals surface area contributed by atoms with Crippen molar-refractivity contribution in [2.45, 2.75) is 81.8 Å². The van der Waals surface area contributed by atoms with Gasteiger partial charge in [-0.05, 0) is 67.5 Å². The Morgan fingerprint density at radius 2 is 1.60 bits per heavy atom. The van der Waals surface area contributed by atoms with E-state index in [4.69, 9.17) is 10.5 Å². The Balaban J connectivity index is 1.22. The molecule has 3 fully saturated rings. The van der Waals surface area contributed by atoms with Crippen molar-refractivity contribution in [2.75, 3.05) is 63.4 Å². The van der Waals surface area contributed by atoms with Crippen molar-refractivity contribution in [1.82, 2.24) is 20.0 Å². The Morgan fingerprint density at radius 1 is 0.962 bits per heavy atom. The number of piperazine rings is 1. The Labute approximate surface area is 304 Å². The molecule has 2 aromatic rings. The summed E-state index contributed by atoms with van der Waals surface area (Å²) in [5.74, 6) is -0.352. The molecule has 16 heteroatoms. The molecule has 0 aromatic heterocycles. The van der Waals surface area contributed by atoms with E-state index in [1.54, 1.807) is 0 Å². The average molecular weight is 753 g/mol. The Hall–Kier alpha value is -4.05. The van der Waals surface area contributed by atoms with Crippen LogP contribution in [0.1, 0.15) is 67.7 Å². The molecule has 4 N–H and O–H groups in total. The summed E-state index contributed by atoms with van der Waals surface area (Å²) in [5.41, 5.74) is 1.16. The van der Waals surface area contributed by atoms with Crippen LogP contribution in [-0.4, -0.2) is 97.1 Å². The number of anilines is 2. The first-order valence-corrected chi connectivity index (χ1v) is 18.2. The molecular weight excluding hydrogens is 706 g/mol. The molecule has 2 unspecified atom stereocenters. The van der Waals surface area contributed by atoms with Crippen LogP contribution in [0.2, 0.25) is 0 Å². The average Bonchev–Trinajstić information content (AvgIpc) is 3.11. The maximum Gasteiger partial charge on any atom is 0.418 e. The molecule has 6 rings (SSSR count). The number of para-hydroxylation sites is 1. The van der Waals surface area contributed by atoms with Crippen LogP contribution in [0.4, 0.5) is 42.5 Å². The number of piperidine rings is 2. The van der Waals surface area contributed by atoms with Gasteiger partial charge in [0.15, 0.2) is 6.10 Å². The zero-order chi connectivity index (χ0) is 38.1. The van der Waals surface area contributed by atoms with E-state index in [2.05, 4.69) is 22.5 Å². The minimum absolute atomic E-state index is 0.147. The third-order valence-electron chi connectivity index (χ3n) is 11.4. The molecule has 10 nitrogen and oxygen atoms in total. The van der Waals surface area contributed by atoms with E-state index in [0.717, 1.165) is 37.9 Å². The van der Waals surface area contributed by atoms with Gasteiger partial charge in [0.2, 0.25) is 5.91 Å². The fourth-order valence-corrected chi connectivity index (χ4v) is 8.61. The molecule has 0 radical (unpaired) electrons. The summed E-state index contributed by atoms with van der Waals surface area (Å²) >= 11 is 0. The number of fused-ring (bicyclic) bond motifs is 2.